The molecule has 2 aliphatic heterocycles. The molecule has 210 valence electrons. The van der Waals surface area contributed by atoms with Gasteiger partial charge in [0.25, 0.3) is 0 Å². The molecule has 0 radical (unpaired) electrons. The lowest BCUT2D eigenvalue weighted by atomic mass is 9.95. The van der Waals surface area contributed by atoms with E-state index in [2.05, 4.69) is 45.6 Å². The normalized spacial score (nSPS) is 15.3. The maximum absolute atomic E-state index is 12.9. The summed E-state index contributed by atoms with van der Waals surface area (Å²) in [7, 11) is 0. The van der Waals surface area contributed by atoms with Gasteiger partial charge < -0.3 is 19.1 Å². The van der Waals surface area contributed by atoms with Crippen LogP contribution in [0.15, 0.2) is 60.7 Å². The topological polar surface area (TPSA) is 78.5 Å². The molecular weight excluding hydrogens is 514 g/mol. The van der Waals surface area contributed by atoms with Gasteiger partial charge >= 0.3 is 5.97 Å². The molecule has 0 fully saturated rings. The third-order valence-electron chi connectivity index (χ3n) is 8.56. The summed E-state index contributed by atoms with van der Waals surface area (Å²) in [5.41, 5.74) is 6.74. The Bertz CT molecular complexity index is 1740. The zero-order chi connectivity index (χ0) is 27.8. The number of para-hydroxylation sites is 1. The largest absolute Gasteiger partial charge is 0.493 e. The minimum Gasteiger partial charge on any atom is -0.493 e. The van der Waals surface area contributed by atoms with Crippen LogP contribution < -0.4 is 4.74 Å². The van der Waals surface area contributed by atoms with Gasteiger partial charge in [-0.05, 0) is 62.0 Å². The highest BCUT2D eigenvalue weighted by Crippen LogP contribution is 2.40. The van der Waals surface area contributed by atoms with Crippen molar-refractivity contribution in [3.05, 3.63) is 83.3 Å². The number of benzene rings is 3. The molecule has 7 heteroatoms. The molecule has 2 aliphatic rings. The van der Waals surface area contributed by atoms with Crippen LogP contribution in [0.2, 0.25) is 0 Å². The Hall–Kier alpha value is -4.10. The van der Waals surface area contributed by atoms with Gasteiger partial charge in [-0.2, -0.15) is 5.10 Å². The first kappa shape index (κ1) is 25.8. The average molecular weight is 550 g/mol. The van der Waals surface area contributed by atoms with Crippen molar-refractivity contribution in [1.82, 2.24) is 14.3 Å². The summed E-state index contributed by atoms with van der Waals surface area (Å²) in [5.74, 6) is -0.0121. The zero-order valence-electron chi connectivity index (χ0n) is 23.3. The Morgan fingerprint density at radius 2 is 1.78 bits per heavy atom. The fourth-order valence-corrected chi connectivity index (χ4v) is 6.76. The van der Waals surface area contributed by atoms with Crippen LogP contribution in [0, 0.1) is 0 Å². The maximum atomic E-state index is 12.9. The van der Waals surface area contributed by atoms with E-state index >= 15 is 0 Å². The highest BCUT2D eigenvalue weighted by atomic mass is 16.5. The van der Waals surface area contributed by atoms with Gasteiger partial charge in [0.15, 0.2) is 0 Å². The standard InChI is InChI=1S/C34H35N3O4/c38-34(39)33-26(15-9-21-41-30-17-7-11-23-10-1-2-12-24(23)30)25-13-8-14-27-31-28(35-37-19-4-3-16-29(31)37)22-40-20-6-5-18-36(33)32(25)27/h1-2,7-8,10-14,17H,3-6,9,15-16,18-22H2,(H,38,39). The number of carboxylic acids is 1. The first-order valence-corrected chi connectivity index (χ1v) is 14.9. The Morgan fingerprint density at radius 1 is 0.951 bits per heavy atom. The smallest absolute Gasteiger partial charge is 0.352 e. The van der Waals surface area contributed by atoms with Crippen molar-refractivity contribution >= 4 is 27.6 Å². The number of fused-ring (bicyclic) bond motifs is 5. The number of nitrogens with zero attached hydrogens (tertiary/aromatic N) is 3. The molecule has 0 bridgehead atoms. The van der Waals surface area contributed by atoms with Gasteiger partial charge in [0.05, 0.1) is 24.4 Å². The monoisotopic (exact) mass is 549 g/mol. The van der Waals surface area contributed by atoms with Crippen LogP contribution in [0.4, 0.5) is 0 Å². The molecule has 7 nitrogen and oxygen atoms in total. The van der Waals surface area contributed by atoms with Crippen LogP contribution in [0.3, 0.4) is 0 Å². The average Bonchev–Trinajstić information content (AvgIpc) is 3.51. The number of rotatable bonds is 6. The molecule has 0 amide bonds. The predicted molar refractivity (Wildman–Crippen MR) is 160 cm³/mol. The third-order valence-corrected chi connectivity index (χ3v) is 8.56. The summed E-state index contributed by atoms with van der Waals surface area (Å²) in [6, 6.07) is 20.6. The molecule has 0 atom stereocenters. The lowest BCUT2D eigenvalue weighted by Gasteiger charge is -2.16. The van der Waals surface area contributed by atoms with Crippen LogP contribution in [0.25, 0.3) is 32.8 Å². The van der Waals surface area contributed by atoms with E-state index in [0.717, 1.165) is 94.9 Å². The first-order valence-electron chi connectivity index (χ1n) is 14.9. The summed E-state index contributed by atoms with van der Waals surface area (Å²) in [6.45, 7) is 3.20. The summed E-state index contributed by atoms with van der Waals surface area (Å²) >= 11 is 0. The number of hydrogen-bond acceptors (Lipinski definition) is 4. The van der Waals surface area contributed by atoms with Gasteiger partial charge in [0.2, 0.25) is 0 Å². The molecule has 0 saturated carbocycles. The minimum atomic E-state index is -0.875. The first-order chi connectivity index (χ1) is 20.2. The van der Waals surface area contributed by atoms with Gasteiger partial charge in [0.1, 0.15) is 11.4 Å². The lowest BCUT2D eigenvalue weighted by molar-refractivity contribution is 0.0683. The Labute approximate surface area is 239 Å². The highest BCUT2D eigenvalue weighted by molar-refractivity contribution is 6.04. The number of hydrogen-bond donors (Lipinski definition) is 1. The van der Waals surface area contributed by atoms with Crippen molar-refractivity contribution in [2.45, 2.75) is 64.6 Å². The van der Waals surface area contributed by atoms with Crippen molar-refractivity contribution in [2.75, 3.05) is 13.2 Å². The van der Waals surface area contributed by atoms with Crippen LogP contribution in [-0.4, -0.2) is 38.6 Å². The third kappa shape index (κ3) is 4.68. The van der Waals surface area contributed by atoms with Gasteiger partial charge in [-0.3, -0.25) is 4.68 Å². The van der Waals surface area contributed by atoms with E-state index in [0.29, 0.717) is 38.5 Å². The van der Waals surface area contributed by atoms with Crippen LogP contribution in [0.5, 0.6) is 5.75 Å². The minimum absolute atomic E-state index is 0.403. The predicted octanol–water partition coefficient (Wildman–Crippen LogP) is 7.01. The van der Waals surface area contributed by atoms with E-state index in [1.165, 1.54) is 5.69 Å². The van der Waals surface area contributed by atoms with Gasteiger partial charge in [-0.1, -0.05) is 54.6 Å². The molecule has 4 heterocycles. The molecular formula is C34H35N3O4. The highest BCUT2D eigenvalue weighted by Gasteiger charge is 2.28. The molecule has 0 unspecified atom stereocenters. The Morgan fingerprint density at radius 3 is 2.71 bits per heavy atom. The second-order valence-electron chi connectivity index (χ2n) is 11.1. The van der Waals surface area contributed by atoms with Crippen LogP contribution in [0.1, 0.15) is 59.5 Å². The van der Waals surface area contributed by atoms with Crippen molar-refractivity contribution in [3.8, 4) is 16.9 Å². The Balaban J connectivity index is 1.29. The van der Waals surface area contributed by atoms with Crippen LogP contribution >= 0.6 is 0 Å². The number of carbonyl (C=O) groups is 1. The molecule has 3 aromatic carbocycles. The van der Waals surface area contributed by atoms with Gasteiger partial charge in [0, 0.05) is 47.3 Å². The molecule has 0 aliphatic carbocycles. The molecule has 2 aromatic heterocycles. The Kier molecular flexibility index (Phi) is 6.97. The lowest BCUT2D eigenvalue weighted by Crippen LogP contribution is -2.13. The summed E-state index contributed by atoms with van der Waals surface area (Å²) in [6.07, 6.45) is 6.31. The molecule has 1 N–H and O–H groups in total. The number of ether oxygens (including phenoxy) is 2. The fraction of sp³-hybridized carbons (Fsp3) is 0.353. The van der Waals surface area contributed by atoms with Crippen molar-refractivity contribution in [1.29, 1.82) is 0 Å². The molecule has 0 saturated heterocycles. The number of aromatic carboxylic acids is 1. The van der Waals surface area contributed by atoms with E-state index in [-0.39, 0.29) is 0 Å². The van der Waals surface area contributed by atoms with E-state index < -0.39 is 5.97 Å². The molecule has 41 heavy (non-hydrogen) atoms. The summed E-state index contributed by atoms with van der Waals surface area (Å²) in [5, 5.41) is 18.8. The van der Waals surface area contributed by atoms with E-state index in [1.54, 1.807) is 0 Å². The quantitative estimate of drug-likeness (QED) is 0.230. The zero-order valence-corrected chi connectivity index (χ0v) is 23.3. The molecule has 5 aromatic rings. The number of carboxylic acid groups (broad SMARTS) is 1. The van der Waals surface area contributed by atoms with Crippen LogP contribution in [-0.2, 0) is 37.3 Å². The van der Waals surface area contributed by atoms with E-state index in [1.807, 2.05) is 24.3 Å². The van der Waals surface area contributed by atoms with E-state index in [4.69, 9.17) is 14.6 Å². The molecule has 0 spiro atoms. The SMILES string of the molecule is O=C(O)c1c(CCCOc2cccc3ccccc23)c2cccc3c2n1CCCCOCc1nn2c(c1-3)CCCC2. The maximum Gasteiger partial charge on any atom is 0.352 e. The van der Waals surface area contributed by atoms with Gasteiger partial charge in [-0.15, -0.1) is 0 Å². The second-order valence-corrected chi connectivity index (χ2v) is 11.1. The van der Waals surface area contributed by atoms with Gasteiger partial charge in [-0.25, -0.2) is 4.79 Å². The second kappa shape index (κ2) is 11.1. The number of aryl methyl sites for hydroxylation is 3. The summed E-state index contributed by atoms with van der Waals surface area (Å²) < 4.78 is 16.5. The van der Waals surface area contributed by atoms with E-state index in [9.17, 15) is 9.90 Å². The van der Waals surface area contributed by atoms with Crippen molar-refractivity contribution in [2.24, 2.45) is 0 Å². The fourth-order valence-electron chi connectivity index (χ4n) is 6.76. The van der Waals surface area contributed by atoms with Crippen molar-refractivity contribution < 1.29 is 19.4 Å². The number of aromatic nitrogens is 3. The summed E-state index contributed by atoms with van der Waals surface area (Å²) in [4.78, 5) is 12.9. The van der Waals surface area contributed by atoms with Crippen molar-refractivity contribution in [3.63, 3.8) is 0 Å². The molecule has 7 rings (SSSR count).